The molecule has 4 heteroatoms. The van der Waals surface area contributed by atoms with Crippen LogP contribution in [0, 0.1) is 5.92 Å². The Morgan fingerprint density at radius 1 is 1.45 bits per heavy atom. The predicted molar refractivity (Wildman–Crippen MR) is 78.5 cm³/mol. The van der Waals surface area contributed by atoms with Crippen molar-refractivity contribution in [3.63, 3.8) is 0 Å². The lowest BCUT2D eigenvalue weighted by Gasteiger charge is -2.13. The molecule has 1 heterocycles. The number of nitrogens with one attached hydrogen (secondary N) is 1. The summed E-state index contributed by atoms with van der Waals surface area (Å²) in [5.74, 6) is -0.446. The molecule has 0 saturated heterocycles. The molecule has 4 nitrogen and oxygen atoms in total. The molecule has 20 heavy (non-hydrogen) atoms. The molecule has 106 valence electrons. The highest BCUT2D eigenvalue weighted by Crippen LogP contribution is 2.30. The maximum absolute atomic E-state index is 11.4. The Bertz CT molecular complexity index is 573. The fourth-order valence-electron chi connectivity index (χ4n) is 2.45. The summed E-state index contributed by atoms with van der Waals surface area (Å²) in [7, 11) is 0. The van der Waals surface area contributed by atoms with Crippen LogP contribution in [0.5, 0.6) is 0 Å². The summed E-state index contributed by atoms with van der Waals surface area (Å²) in [6.45, 7) is 4.17. The van der Waals surface area contributed by atoms with E-state index >= 15 is 0 Å². The minimum Gasteiger partial charge on any atom is -0.481 e. The lowest BCUT2D eigenvalue weighted by molar-refractivity contribution is -0.136. The van der Waals surface area contributed by atoms with Crippen LogP contribution in [0.15, 0.2) is 24.3 Å². The van der Waals surface area contributed by atoms with E-state index in [0.717, 1.165) is 22.4 Å². The first-order valence-electron chi connectivity index (χ1n) is 6.82. The van der Waals surface area contributed by atoms with Gasteiger partial charge in [0.25, 0.3) is 0 Å². The molecule has 1 aliphatic heterocycles. The van der Waals surface area contributed by atoms with Crippen LogP contribution in [0.2, 0.25) is 0 Å². The molecule has 0 aliphatic carbocycles. The average Bonchev–Trinajstić information content (AvgIpc) is 2.72. The molecule has 1 aromatic rings. The van der Waals surface area contributed by atoms with Crippen LogP contribution < -0.4 is 5.32 Å². The summed E-state index contributed by atoms with van der Waals surface area (Å²) in [5.41, 5.74) is 4.10. The van der Waals surface area contributed by atoms with Crippen molar-refractivity contribution in [2.24, 2.45) is 5.92 Å². The second-order valence-corrected chi connectivity index (χ2v) is 5.34. The molecule has 0 saturated carbocycles. The van der Waals surface area contributed by atoms with Gasteiger partial charge in [0, 0.05) is 12.1 Å². The zero-order chi connectivity index (χ0) is 14.7. The lowest BCUT2D eigenvalue weighted by Crippen LogP contribution is -2.03. The summed E-state index contributed by atoms with van der Waals surface area (Å²) in [6, 6.07) is 5.93. The van der Waals surface area contributed by atoms with Gasteiger partial charge in [-0.2, -0.15) is 0 Å². The second kappa shape index (κ2) is 5.90. The fourth-order valence-corrected chi connectivity index (χ4v) is 2.45. The number of allylic oxidation sites excluding steroid dienone is 2. The molecule has 1 aromatic carbocycles. The monoisotopic (exact) mass is 273 g/mol. The minimum absolute atomic E-state index is 0.0260. The van der Waals surface area contributed by atoms with Crippen molar-refractivity contribution in [2.75, 3.05) is 5.32 Å². The number of carbonyl (C=O) groups excluding carboxylic acids is 1. The van der Waals surface area contributed by atoms with Crippen LogP contribution >= 0.6 is 0 Å². The molecule has 0 spiro atoms. The summed E-state index contributed by atoms with van der Waals surface area (Å²) in [6.07, 6.45) is 3.08. The molecular formula is C16H19NO3. The Labute approximate surface area is 118 Å². The third-order valence-corrected chi connectivity index (χ3v) is 3.41. The maximum atomic E-state index is 11.4. The number of amides is 1. The standard InChI is InChI=1S/C16H19NO3/c1-10(2)13(4-3-5-16(19)20)11-6-7-14-12(8-11)9-15(18)17-14/h4,6-8,10H,3,5,9H2,1-2H3,(H,17,18)(H,19,20)/b13-4+. The third kappa shape index (κ3) is 3.26. The van der Waals surface area contributed by atoms with Gasteiger partial charge < -0.3 is 10.4 Å². The maximum Gasteiger partial charge on any atom is 0.303 e. The van der Waals surface area contributed by atoms with Crippen molar-refractivity contribution in [1.29, 1.82) is 0 Å². The van der Waals surface area contributed by atoms with Crippen LogP contribution in [-0.2, 0) is 16.0 Å². The van der Waals surface area contributed by atoms with Crippen LogP contribution in [0.4, 0.5) is 5.69 Å². The first kappa shape index (κ1) is 14.3. The summed E-state index contributed by atoms with van der Waals surface area (Å²) in [4.78, 5) is 22.0. The van der Waals surface area contributed by atoms with E-state index < -0.39 is 5.97 Å². The first-order valence-corrected chi connectivity index (χ1v) is 6.82. The number of anilines is 1. The molecule has 1 amide bonds. The topological polar surface area (TPSA) is 66.4 Å². The van der Waals surface area contributed by atoms with Gasteiger partial charge in [0.1, 0.15) is 0 Å². The van der Waals surface area contributed by atoms with E-state index in [4.69, 9.17) is 5.11 Å². The van der Waals surface area contributed by atoms with E-state index in [9.17, 15) is 9.59 Å². The number of fused-ring (bicyclic) bond motifs is 1. The van der Waals surface area contributed by atoms with Crippen molar-refractivity contribution in [3.05, 3.63) is 35.4 Å². The third-order valence-electron chi connectivity index (χ3n) is 3.41. The number of carbonyl (C=O) groups is 2. The Hall–Kier alpha value is -2.10. The van der Waals surface area contributed by atoms with Crippen molar-refractivity contribution >= 4 is 23.1 Å². The Morgan fingerprint density at radius 3 is 2.85 bits per heavy atom. The number of rotatable bonds is 5. The Balaban J connectivity index is 2.24. The number of hydrogen-bond acceptors (Lipinski definition) is 2. The zero-order valence-electron chi connectivity index (χ0n) is 11.8. The van der Waals surface area contributed by atoms with Gasteiger partial charge in [0.05, 0.1) is 6.42 Å². The molecular weight excluding hydrogens is 254 g/mol. The SMILES string of the molecule is CC(C)/C(=C\CCC(=O)O)c1ccc2c(c1)CC(=O)N2. The lowest BCUT2D eigenvalue weighted by atomic mass is 9.92. The Kier molecular flexibility index (Phi) is 4.23. The molecule has 0 radical (unpaired) electrons. The minimum atomic E-state index is -0.784. The highest BCUT2D eigenvalue weighted by molar-refractivity contribution is 5.99. The normalized spacial score (nSPS) is 14.3. The number of hydrogen-bond donors (Lipinski definition) is 2. The van der Waals surface area contributed by atoms with Crippen LogP contribution in [-0.4, -0.2) is 17.0 Å². The summed E-state index contributed by atoms with van der Waals surface area (Å²) >= 11 is 0. The largest absolute Gasteiger partial charge is 0.481 e. The van der Waals surface area contributed by atoms with Gasteiger partial charge in [-0.3, -0.25) is 9.59 Å². The number of benzene rings is 1. The van der Waals surface area contributed by atoms with Gasteiger partial charge in [0.2, 0.25) is 5.91 Å². The zero-order valence-corrected chi connectivity index (χ0v) is 11.8. The van der Waals surface area contributed by atoms with Gasteiger partial charge in [0.15, 0.2) is 0 Å². The summed E-state index contributed by atoms with van der Waals surface area (Å²) < 4.78 is 0. The summed E-state index contributed by atoms with van der Waals surface area (Å²) in [5, 5.41) is 11.5. The van der Waals surface area contributed by atoms with E-state index in [1.165, 1.54) is 0 Å². The van der Waals surface area contributed by atoms with E-state index in [-0.39, 0.29) is 12.3 Å². The van der Waals surface area contributed by atoms with Crippen LogP contribution in [0.3, 0.4) is 0 Å². The van der Waals surface area contributed by atoms with E-state index in [2.05, 4.69) is 19.2 Å². The van der Waals surface area contributed by atoms with Crippen molar-refractivity contribution in [3.8, 4) is 0 Å². The molecule has 0 unspecified atom stereocenters. The second-order valence-electron chi connectivity index (χ2n) is 5.34. The smallest absolute Gasteiger partial charge is 0.303 e. The van der Waals surface area contributed by atoms with Crippen molar-refractivity contribution < 1.29 is 14.7 Å². The molecule has 0 aromatic heterocycles. The number of aliphatic carboxylic acids is 1. The van der Waals surface area contributed by atoms with Gasteiger partial charge in [-0.15, -0.1) is 0 Å². The molecule has 0 fully saturated rings. The number of carboxylic acids is 1. The van der Waals surface area contributed by atoms with Crippen molar-refractivity contribution in [2.45, 2.75) is 33.1 Å². The quantitative estimate of drug-likeness (QED) is 0.866. The Morgan fingerprint density at radius 2 is 2.20 bits per heavy atom. The van der Waals surface area contributed by atoms with Gasteiger partial charge in [-0.05, 0) is 41.2 Å². The molecule has 1 aliphatic rings. The van der Waals surface area contributed by atoms with E-state index in [0.29, 0.717) is 18.8 Å². The van der Waals surface area contributed by atoms with Gasteiger partial charge >= 0.3 is 5.97 Å². The van der Waals surface area contributed by atoms with E-state index in [1.807, 2.05) is 24.3 Å². The molecule has 2 N–H and O–H groups in total. The molecule has 0 atom stereocenters. The fraction of sp³-hybridized carbons (Fsp3) is 0.375. The van der Waals surface area contributed by atoms with Crippen LogP contribution in [0.25, 0.3) is 5.57 Å². The van der Waals surface area contributed by atoms with Crippen LogP contribution in [0.1, 0.15) is 37.8 Å². The molecule has 2 rings (SSSR count). The molecule has 0 bridgehead atoms. The number of carboxylic acid groups (broad SMARTS) is 1. The highest BCUT2D eigenvalue weighted by Gasteiger charge is 2.18. The first-order chi connectivity index (χ1) is 9.47. The average molecular weight is 273 g/mol. The van der Waals surface area contributed by atoms with E-state index in [1.54, 1.807) is 0 Å². The van der Waals surface area contributed by atoms with Gasteiger partial charge in [-0.1, -0.05) is 26.0 Å². The van der Waals surface area contributed by atoms with Crippen molar-refractivity contribution in [1.82, 2.24) is 0 Å². The van der Waals surface area contributed by atoms with Gasteiger partial charge in [-0.25, -0.2) is 0 Å². The predicted octanol–water partition coefficient (Wildman–Crippen LogP) is 3.09. The highest BCUT2D eigenvalue weighted by atomic mass is 16.4.